The lowest BCUT2D eigenvalue weighted by atomic mass is 10.2. The van der Waals surface area contributed by atoms with Crippen molar-refractivity contribution in [3.05, 3.63) is 67.7 Å². The molecule has 1 unspecified atom stereocenters. The van der Waals surface area contributed by atoms with E-state index in [4.69, 9.17) is 51.1 Å². The fraction of sp³-hybridized carbons (Fsp3) is 0.182. The Labute approximate surface area is 229 Å². The van der Waals surface area contributed by atoms with E-state index >= 15 is 0 Å². The van der Waals surface area contributed by atoms with Crippen LogP contribution in [0.15, 0.2) is 46.9 Å². The number of thiazole rings is 1. The highest BCUT2D eigenvalue weighted by atomic mass is 35.5. The number of halogens is 4. The average Bonchev–Trinajstić information content (AvgIpc) is 3.40. The molecule has 2 aromatic carbocycles. The zero-order chi connectivity index (χ0) is 25.1. The lowest BCUT2D eigenvalue weighted by Gasteiger charge is -2.15. The van der Waals surface area contributed by atoms with Gasteiger partial charge < -0.3 is 14.6 Å². The Morgan fingerprint density at radius 3 is 2.54 bits per heavy atom. The minimum Gasteiger partial charge on any atom is -0.481 e. The third-order valence-electron chi connectivity index (χ3n) is 4.72. The molecule has 2 heterocycles. The SMILES string of the molecule is CC(Oc1ccc(Cl)cc1Cl)c1nnc(SCC(=O)Nc2nc(-c3ccc(Cl)cc3Cl)cs2)n1C. The molecule has 0 aliphatic carbocycles. The largest absolute Gasteiger partial charge is 0.481 e. The fourth-order valence-electron chi connectivity index (χ4n) is 3.06. The predicted octanol–water partition coefficient (Wildman–Crippen LogP) is 7.42. The maximum absolute atomic E-state index is 12.5. The number of carbonyl (C=O) groups excluding carboxylic acids is 1. The van der Waals surface area contributed by atoms with Crippen LogP contribution in [0.25, 0.3) is 11.3 Å². The van der Waals surface area contributed by atoms with E-state index in [1.807, 2.05) is 19.4 Å². The number of ether oxygens (including phenoxy) is 1. The standard InChI is InChI=1S/C22H17Cl4N5O2S2/c1-11(33-18-6-4-13(24)8-16(18)26)20-29-30-22(31(20)2)35-10-19(32)28-21-27-17(9-34-21)14-5-3-12(23)7-15(14)25/h3-9,11H,10H2,1-2H3,(H,27,28,32). The van der Waals surface area contributed by atoms with Gasteiger partial charge in [-0.2, -0.15) is 0 Å². The first kappa shape index (κ1) is 26.1. The van der Waals surface area contributed by atoms with Gasteiger partial charge in [-0.15, -0.1) is 21.5 Å². The van der Waals surface area contributed by atoms with Crippen molar-refractivity contribution in [2.75, 3.05) is 11.1 Å². The number of benzene rings is 2. The molecule has 0 aliphatic heterocycles. The quantitative estimate of drug-likeness (QED) is 0.216. The summed E-state index contributed by atoms with van der Waals surface area (Å²) in [5.41, 5.74) is 1.40. The number of thioether (sulfide) groups is 1. The maximum Gasteiger partial charge on any atom is 0.236 e. The van der Waals surface area contributed by atoms with E-state index in [-0.39, 0.29) is 11.7 Å². The first-order chi connectivity index (χ1) is 16.7. The van der Waals surface area contributed by atoms with Gasteiger partial charge in [-0.1, -0.05) is 58.2 Å². The summed E-state index contributed by atoms with van der Waals surface area (Å²) in [5, 5.41) is 16.0. The van der Waals surface area contributed by atoms with Crippen LogP contribution < -0.4 is 10.1 Å². The Balaban J connectivity index is 1.34. The molecular formula is C22H17Cl4N5O2S2. The summed E-state index contributed by atoms with van der Waals surface area (Å²) in [4.78, 5) is 16.9. The Kier molecular flexibility index (Phi) is 8.46. The maximum atomic E-state index is 12.5. The monoisotopic (exact) mass is 587 g/mol. The number of nitrogens with one attached hydrogen (secondary N) is 1. The first-order valence-corrected chi connectivity index (χ1v) is 13.4. The molecule has 4 aromatic rings. The van der Waals surface area contributed by atoms with E-state index in [0.29, 0.717) is 47.6 Å². The van der Waals surface area contributed by atoms with E-state index in [0.717, 1.165) is 5.56 Å². The smallest absolute Gasteiger partial charge is 0.236 e. The molecule has 1 amide bonds. The molecule has 0 saturated heterocycles. The molecular weight excluding hydrogens is 572 g/mol. The van der Waals surface area contributed by atoms with Gasteiger partial charge in [0.05, 0.1) is 21.5 Å². The van der Waals surface area contributed by atoms with Crippen molar-refractivity contribution in [3.8, 4) is 17.0 Å². The molecule has 0 bridgehead atoms. The number of hydrogen-bond donors (Lipinski definition) is 1. The molecule has 4 rings (SSSR count). The molecule has 0 saturated carbocycles. The van der Waals surface area contributed by atoms with Gasteiger partial charge in [0.25, 0.3) is 0 Å². The third-order valence-corrected chi connectivity index (χ3v) is 7.58. The van der Waals surface area contributed by atoms with Crippen molar-refractivity contribution < 1.29 is 9.53 Å². The van der Waals surface area contributed by atoms with E-state index < -0.39 is 6.10 Å². The molecule has 0 fully saturated rings. The van der Waals surface area contributed by atoms with Gasteiger partial charge in [0.15, 0.2) is 22.2 Å². The van der Waals surface area contributed by atoms with E-state index in [1.165, 1.54) is 23.1 Å². The van der Waals surface area contributed by atoms with Crippen molar-refractivity contribution in [2.45, 2.75) is 18.2 Å². The second-order valence-electron chi connectivity index (χ2n) is 7.23. The van der Waals surface area contributed by atoms with Crippen molar-refractivity contribution in [1.29, 1.82) is 0 Å². The van der Waals surface area contributed by atoms with Crippen LogP contribution in [0, 0.1) is 0 Å². The van der Waals surface area contributed by atoms with Gasteiger partial charge in [0.2, 0.25) is 5.91 Å². The molecule has 0 spiro atoms. The first-order valence-electron chi connectivity index (χ1n) is 10.1. The number of amides is 1. The van der Waals surface area contributed by atoms with Crippen LogP contribution in [-0.4, -0.2) is 31.4 Å². The van der Waals surface area contributed by atoms with Crippen LogP contribution in [0.3, 0.4) is 0 Å². The highest BCUT2D eigenvalue weighted by Gasteiger charge is 2.19. The Morgan fingerprint density at radius 1 is 1.11 bits per heavy atom. The van der Waals surface area contributed by atoms with Crippen LogP contribution in [0.2, 0.25) is 20.1 Å². The van der Waals surface area contributed by atoms with Gasteiger partial charge in [0, 0.05) is 28.0 Å². The van der Waals surface area contributed by atoms with Crippen LogP contribution in [0.5, 0.6) is 5.75 Å². The summed E-state index contributed by atoms with van der Waals surface area (Å²) < 4.78 is 7.69. The van der Waals surface area contributed by atoms with E-state index in [9.17, 15) is 4.79 Å². The topological polar surface area (TPSA) is 81.9 Å². The van der Waals surface area contributed by atoms with Crippen LogP contribution in [0.1, 0.15) is 18.9 Å². The molecule has 7 nitrogen and oxygen atoms in total. The number of hydrogen-bond acceptors (Lipinski definition) is 7. The Bertz CT molecular complexity index is 1380. The number of nitrogens with zero attached hydrogens (tertiary/aromatic N) is 4. The molecule has 0 radical (unpaired) electrons. The summed E-state index contributed by atoms with van der Waals surface area (Å²) >= 11 is 26.9. The summed E-state index contributed by atoms with van der Waals surface area (Å²) in [5.74, 6) is 0.979. The Hall–Kier alpha value is -2.01. The van der Waals surface area contributed by atoms with E-state index in [2.05, 4.69) is 20.5 Å². The van der Waals surface area contributed by atoms with Crippen LogP contribution in [0.4, 0.5) is 5.13 Å². The normalized spacial score (nSPS) is 11.9. The van der Waals surface area contributed by atoms with Gasteiger partial charge in [-0.05, 0) is 43.3 Å². The lowest BCUT2D eigenvalue weighted by molar-refractivity contribution is -0.113. The number of aromatic nitrogens is 4. The lowest BCUT2D eigenvalue weighted by Crippen LogP contribution is -2.14. The van der Waals surface area contributed by atoms with Gasteiger partial charge in [-0.3, -0.25) is 4.79 Å². The van der Waals surface area contributed by atoms with E-state index in [1.54, 1.807) is 41.0 Å². The molecule has 2 aromatic heterocycles. The summed E-state index contributed by atoms with van der Waals surface area (Å²) in [6.45, 7) is 1.84. The minimum atomic E-state index is -0.428. The Morgan fingerprint density at radius 2 is 1.83 bits per heavy atom. The minimum absolute atomic E-state index is 0.126. The average molecular weight is 589 g/mol. The second kappa shape index (κ2) is 11.4. The van der Waals surface area contributed by atoms with Crippen molar-refractivity contribution in [2.24, 2.45) is 7.05 Å². The summed E-state index contributed by atoms with van der Waals surface area (Å²) in [6, 6.07) is 10.2. The van der Waals surface area contributed by atoms with Gasteiger partial charge >= 0.3 is 0 Å². The number of carbonyl (C=O) groups is 1. The molecule has 35 heavy (non-hydrogen) atoms. The van der Waals surface area contributed by atoms with Crippen LogP contribution in [-0.2, 0) is 11.8 Å². The van der Waals surface area contributed by atoms with Gasteiger partial charge in [0.1, 0.15) is 5.75 Å². The summed E-state index contributed by atoms with van der Waals surface area (Å²) in [7, 11) is 1.81. The molecule has 182 valence electrons. The van der Waals surface area contributed by atoms with Crippen molar-refractivity contribution in [1.82, 2.24) is 19.7 Å². The molecule has 0 aliphatic rings. The molecule has 1 N–H and O–H groups in total. The molecule has 1 atom stereocenters. The fourth-order valence-corrected chi connectivity index (χ4v) is 5.46. The van der Waals surface area contributed by atoms with Gasteiger partial charge in [-0.25, -0.2) is 4.98 Å². The highest BCUT2D eigenvalue weighted by molar-refractivity contribution is 7.99. The number of anilines is 1. The third kappa shape index (κ3) is 6.41. The highest BCUT2D eigenvalue weighted by Crippen LogP contribution is 2.33. The number of rotatable bonds is 8. The van der Waals surface area contributed by atoms with Crippen molar-refractivity contribution >= 4 is 80.5 Å². The zero-order valence-corrected chi connectivity index (χ0v) is 22.9. The van der Waals surface area contributed by atoms with Crippen LogP contribution >= 0.6 is 69.5 Å². The zero-order valence-electron chi connectivity index (χ0n) is 18.3. The second-order valence-corrected chi connectivity index (χ2v) is 10.7. The molecule has 13 heteroatoms. The predicted molar refractivity (Wildman–Crippen MR) is 143 cm³/mol. The van der Waals surface area contributed by atoms with Crippen molar-refractivity contribution in [3.63, 3.8) is 0 Å². The summed E-state index contributed by atoms with van der Waals surface area (Å²) in [6.07, 6.45) is -0.428.